The summed E-state index contributed by atoms with van der Waals surface area (Å²) in [4.78, 5) is 53.8. The van der Waals surface area contributed by atoms with E-state index in [4.69, 9.17) is 47.6 Å². The minimum Gasteiger partial charge on any atom is -0.325 e. The van der Waals surface area contributed by atoms with Crippen molar-refractivity contribution in [1.29, 1.82) is 0 Å². The van der Waals surface area contributed by atoms with Gasteiger partial charge in [-0.05, 0) is 24.3 Å². The Kier molecular flexibility index (Phi) is 9.45. The Labute approximate surface area is 247 Å². The molecule has 0 spiro atoms. The molecule has 0 radical (unpaired) electrons. The second-order valence-electron chi connectivity index (χ2n) is 7.86. The molecule has 2 fully saturated rings. The summed E-state index contributed by atoms with van der Waals surface area (Å²) in [5, 5.41) is 6.19. The van der Waals surface area contributed by atoms with Crippen molar-refractivity contribution >= 4 is 115 Å². The Morgan fingerprint density at radius 3 is 1.45 bits per heavy atom. The maximum atomic E-state index is 13.1. The molecule has 14 heteroatoms. The molecular weight excluding hydrogens is 607 g/mol. The molecule has 2 N–H and O–H groups in total. The van der Waals surface area contributed by atoms with Crippen LogP contribution in [0.5, 0.6) is 0 Å². The third kappa shape index (κ3) is 6.56. The number of thiocarbonyl (C=S) groups is 2. The Morgan fingerprint density at radius 2 is 1.08 bits per heavy atom. The van der Waals surface area contributed by atoms with Crippen LogP contribution in [0.15, 0.2) is 58.3 Å². The molecule has 2 aromatic rings. The number of nitrogens with zero attached hydrogens (tertiary/aromatic N) is 2. The van der Waals surface area contributed by atoms with E-state index in [1.165, 1.54) is 9.80 Å². The number of halogens is 2. The predicted molar refractivity (Wildman–Crippen MR) is 160 cm³/mol. The van der Waals surface area contributed by atoms with Crippen LogP contribution in [-0.2, 0) is 19.2 Å². The molecule has 38 heavy (non-hydrogen) atoms. The van der Waals surface area contributed by atoms with Crippen LogP contribution in [0, 0.1) is 0 Å². The maximum Gasteiger partial charge on any atom is 0.267 e. The van der Waals surface area contributed by atoms with Crippen molar-refractivity contribution in [3.63, 3.8) is 0 Å². The minimum atomic E-state index is -0.470. The number of rotatable bonds is 8. The first kappa shape index (κ1) is 28.5. The van der Waals surface area contributed by atoms with Crippen molar-refractivity contribution in [3.8, 4) is 0 Å². The summed E-state index contributed by atoms with van der Waals surface area (Å²) in [5.74, 6) is -1.62. The molecule has 4 amide bonds. The zero-order valence-corrected chi connectivity index (χ0v) is 24.1. The molecule has 0 bridgehead atoms. The SMILES string of the molecule is O=C(CCN1C(=O)/C(=C2\SC(=S)N(CCC(=O)Nc3ccccc3Cl)C2=O)SC1=S)Nc1ccccc1Cl. The molecule has 2 aliphatic heterocycles. The van der Waals surface area contributed by atoms with Gasteiger partial charge in [-0.25, -0.2) is 0 Å². The molecule has 0 unspecified atom stereocenters. The fourth-order valence-corrected chi connectivity index (χ4v) is 6.57. The summed E-state index contributed by atoms with van der Waals surface area (Å²) in [5.41, 5.74) is 0.933. The molecule has 0 aliphatic carbocycles. The standard InChI is InChI=1S/C24H18Cl2N4O4S4/c25-13-5-1-3-7-15(13)27-17(31)9-11-29-21(33)19(37-23(29)35)20-22(34)30(24(36)38-20)12-10-18(32)28-16-8-4-2-6-14(16)26/h1-8H,9-12H2,(H,27,31)(H,28,32)/b20-19+. The van der Waals surface area contributed by atoms with Gasteiger partial charge in [0.2, 0.25) is 11.8 Å². The fraction of sp³-hybridized carbons (Fsp3) is 0.167. The van der Waals surface area contributed by atoms with Gasteiger partial charge in [0.25, 0.3) is 11.8 Å². The van der Waals surface area contributed by atoms with Crippen LogP contribution in [0.2, 0.25) is 10.0 Å². The molecule has 2 heterocycles. The van der Waals surface area contributed by atoms with Crippen molar-refractivity contribution < 1.29 is 19.2 Å². The highest BCUT2D eigenvalue weighted by Crippen LogP contribution is 2.42. The molecule has 2 saturated heterocycles. The number of para-hydroxylation sites is 2. The van der Waals surface area contributed by atoms with Crippen molar-refractivity contribution in [2.24, 2.45) is 0 Å². The monoisotopic (exact) mass is 624 g/mol. The Hall–Kier alpha value is -2.48. The summed E-state index contributed by atoms with van der Waals surface area (Å²) in [6.45, 7) is 0.0694. The van der Waals surface area contributed by atoms with Gasteiger partial charge in [0, 0.05) is 25.9 Å². The number of benzene rings is 2. The summed E-state index contributed by atoms with van der Waals surface area (Å²) in [7, 11) is 0. The van der Waals surface area contributed by atoms with Crippen LogP contribution in [0.25, 0.3) is 0 Å². The molecule has 2 aliphatic rings. The Morgan fingerprint density at radius 1 is 0.711 bits per heavy atom. The first-order valence-electron chi connectivity index (χ1n) is 11.1. The topological polar surface area (TPSA) is 98.8 Å². The Balaban J connectivity index is 1.35. The van der Waals surface area contributed by atoms with E-state index in [1.54, 1.807) is 48.5 Å². The zero-order chi connectivity index (χ0) is 27.4. The lowest BCUT2D eigenvalue weighted by Crippen LogP contribution is -2.33. The van der Waals surface area contributed by atoms with Gasteiger partial charge in [-0.1, -0.05) is 95.4 Å². The first-order chi connectivity index (χ1) is 18.2. The highest BCUT2D eigenvalue weighted by atomic mass is 35.5. The van der Waals surface area contributed by atoms with Crippen LogP contribution in [-0.4, -0.2) is 55.2 Å². The van der Waals surface area contributed by atoms with E-state index in [1.807, 2.05) is 0 Å². The van der Waals surface area contributed by atoms with Gasteiger partial charge in [0.15, 0.2) is 0 Å². The van der Waals surface area contributed by atoms with E-state index in [2.05, 4.69) is 10.6 Å². The van der Waals surface area contributed by atoms with Gasteiger partial charge in [0.1, 0.15) is 8.64 Å². The van der Waals surface area contributed by atoms with Crippen LogP contribution >= 0.6 is 71.2 Å². The average Bonchev–Trinajstić information content (AvgIpc) is 3.32. The van der Waals surface area contributed by atoms with Gasteiger partial charge in [-0.15, -0.1) is 0 Å². The lowest BCUT2D eigenvalue weighted by molar-refractivity contribution is -0.125. The van der Waals surface area contributed by atoms with E-state index in [-0.39, 0.29) is 56.2 Å². The maximum absolute atomic E-state index is 13.1. The van der Waals surface area contributed by atoms with Gasteiger partial charge in [-0.2, -0.15) is 0 Å². The second kappa shape index (κ2) is 12.6. The van der Waals surface area contributed by atoms with E-state index in [0.717, 1.165) is 23.5 Å². The van der Waals surface area contributed by atoms with Crippen LogP contribution in [0.1, 0.15) is 12.8 Å². The van der Waals surface area contributed by atoms with E-state index in [9.17, 15) is 19.2 Å². The number of carbonyl (C=O) groups excluding carboxylic acids is 4. The number of nitrogens with one attached hydrogen (secondary N) is 2. The Bertz CT molecular complexity index is 1300. The van der Waals surface area contributed by atoms with Gasteiger partial charge in [0.05, 0.1) is 31.2 Å². The molecule has 196 valence electrons. The quantitative estimate of drug-likeness (QED) is 0.302. The van der Waals surface area contributed by atoms with E-state index in [0.29, 0.717) is 21.4 Å². The van der Waals surface area contributed by atoms with E-state index < -0.39 is 11.8 Å². The summed E-state index contributed by atoms with van der Waals surface area (Å²) in [6, 6.07) is 13.6. The molecular formula is C24H18Cl2N4O4S4. The third-order valence-corrected chi connectivity index (χ3v) is 9.01. The molecule has 2 aromatic carbocycles. The summed E-state index contributed by atoms with van der Waals surface area (Å²) < 4.78 is 0.472. The van der Waals surface area contributed by atoms with Crippen molar-refractivity contribution in [1.82, 2.24) is 9.80 Å². The molecule has 0 aromatic heterocycles. The van der Waals surface area contributed by atoms with E-state index >= 15 is 0 Å². The molecule has 4 rings (SSSR count). The highest BCUT2D eigenvalue weighted by Gasteiger charge is 2.42. The number of hydrogen-bond donors (Lipinski definition) is 2. The number of carbonyl (C=O) groups is 4. The number of anilines is 2. The molecule has 0 atom stereocenters. The summed E-state index contributed by atoms with van der Waals surface area (Å²) >= 11 is 24.8. The average molecular weight is 626 g/mol. The number of thioether (sulfide) groups is 2. The number of hydrogen-bond acceptors (Lipinski definition) is 8. The lowest BCUT2D eigenvalue weighted by Gasteiger charge is -2.15. The zero-order valence-electron chi connectivity index (χ0n) is 19.4. The minimum absolute atomic E-state index is 0.0214. The van der Waals surface area contributed by atoms with Crippen LogP contribution < -0.4 is 10.6 Å². The third-order valence-electron chi connectivity index (χ3n) is 5.33. The molecule has 8 nitrogen and oxygen atoms in total. The highest BCUT2D eigenvalue weighted by molar-refractivity contribution is 8.29. The van der Waals surface area contributed by atoms with Crippen LogP contribution in [0.4, 0.5) is 11.4 Å². The van der Waals surface area contributed by atoms with Crippen molar-refractivity contribution in [3.05, 3.63) is 68.4 Å². The molecule has 0 saturated carbocycles. The predicted octanol–water partition coefficient (Wildman–Crippen LogP) is 5.28. The normalized spacial score (nSPS) is 17.4. The summed E-state index contributed by atoms with van der Waals surface area (Å²) in [6.07, 6.45) is -0.0428. The van der Waals surface area contributed by atoms with Crippen LogP contribution in [0.3, 0.4) is 0 Å². The second-order valence-corrected chi connectivity index (χ2v) is 12.0. The lowest BCUT2D eigenvalue weighted by atomic mass is 10.3. The van der Waals surface area contributed by atoms with Gasteiger partial charge >= 0.3 is 0 Å². The first-order valence-corrected chi connectivity index (χ1v) is 14.3. The van der Waals surface area contributed by atoms with Crippen molar-refractivity contribution in [2.75, 3.05) is 23.7 Å². The largest absolute Gasteiger partial charge is 0.325 e. The smallest absolute Gasteiger partial charge is 0.267 e. The number of amides is 4. The van der Waals surface area contributed by atoms with Gasteiger partial charge < -0.3 is 10.6 Å². The fourth-order valence-electron chi connectivity index (χ4n) is 3.43. The van der Waals surface area contributed by atoms with Crippen molar-refractivity contribution in [2.45, 2.75) is 12.8 Å². The van der Waals surface area contributed by atoms with Gasteiger partial charge in [-0.3, -0.25) is 29.0 Å².